The SMILES string of the molecule is CC(C)CC(N)C(=O)NC(CC(N)=O)C(=O)NC(CC(=O)O)C(=O)NC(CCC(N)=O)C(=O)O. The molecule has 0 heterocycles. The predicted octanol–water partition coefficient (Wildman–Crippen LogP) is -3.49. The number of carboxylic acid groups (broad SMARTS) is 2. The number of carbonyl (C=O) groups is 7. The molecule has 0 aromatic heterocycles. The summed E-state index contributed by atoms with van der Waals surface area (Å²) in [5, 5.41) is 24.6. The van der Waals surface area contributed by atoms with Crippen LogP contribution in [-0.2, 0) is 33.6 Å². The highest BCUT2D eigenvalue weighted by Gasteiger charge is 2.32. The van der Waals surface area contributed by atoms with Crippen LogP contribution in [-0.4, -0.2) is 75.9 Å². The summed E-state index contributed by atoms with van der Waals surface area (Å²) in [6.45, 7) is 3.62. The van der Waals surface area contributed by atoms with Crippen LogP contribution < -0.4 is 33.2 Å². The highest BCUT2D eigenvalue weighted by atomic mass is 16.4. The van der Waals surface area contributed by atoms with Crippen LogP contribution in [0.4, 0.5) is 0 Å². The molecule has 34 heavy (non-hydrogen) atoms. The Labute approximate surface area is 195 Å². The van der Waals surface area contributed by atoms with E-state index in [0.717, 1.165) is 0 Å². The molecule has 0 bridgehead atoms. The number of carboxylic acids is 2. The first kappa shape index (κ1) is 30.2. The van der Waals surface area contributed by atoms with E-state index in [9.17, 15) is 38.7 Å². The third-order valence-corrected chi connectivity index (χ3v) is 4.41. The number of amides is 5. The van der Waals surface area contributed by atoms with Gasteiger partial charge in [-0.15, -0.1) is 0 Å². The van der Waals surface area contributed by atoms with Crippen LogP contribution in [0.15, 0.2) is 0 Å². The highest BCUT2D eigenvalue weighted by Crippen LogP contribution is 2.05. The second-order valence-corrected chi connectivity index (χ2v) is 8.03. The Balaban J connectivity index is 5.54. The smallest absolute Gasteiger partial charge is 0.326 e. The molecule has 0 radical (unpaired) electrons. The van der Waals surface area contributed by atoms with Crippen LogP contribution in [0.3, 0.4) is 0 Å². The zero-order valence-electron chi connectivity index (χ0n) is 18.9. The van der Waals surface area contributed by atoms with Gasteiger partial charge in [-0.1, -0.05) is 13.8 Å². The molecular weight excluding hydrogens is 456 g/mol. The van der Waals surface area contributed by atoms with Gasteiger partial charge in [0.25, 0.3) is 0 Å². The Morgan fingerprint density at radius 2 is 1.21 bits per heavy atom. The monoisotopic (exact) mass is 488 g/mol. The maximum atomic E-state index is 12.7. The Hall–Kier alpha value is -3.75. The highest BCUT2D eigenvalue weighted by molar-refractivity contribution is 5.97. The van der Waals surface area contributed by atoms with E-state index in [2.05, 4.69) is 10.6 Å². The van der Waals surface area contributed by atoms with E-state index in [-0.39, 0.29) is 25.2 Å². The van der Waals surface area contributed by atoms with Crippen molar-refractivity contribution in [3.63, 3.8) is 0 Å². The number of rotatable bonds is 16. The summed E-state index contributed by atoms with van der Waals surface area (Å²) in [6.07, 6.45) is -2.12. The van der Waals surface area contributed by atoms with E-state index in [0.29, 0.717) is 0 Å². The van der Waals surface area contributed by atoms with Crippen molar-refractivity contribution in [1.82, 2.24) is 16.0 Å². The van der Waals surface area contributed by atoms with E-state index in [1.54, 1.807) is 0 Å². The van der Waals surface area contributed by atoms with E-state index < -0.39 is 78.5 Å². The summed E-state index contributed by atoms with van der Waals surface area (Å²) in [4.78, 5) is 82.2. The molecule has 0 fully saturated rings. The molecule has 0 aliphatic heterocycles. The van der Waals surface area contributed by atoms with Gasteiger partial charge in [-0.2, -0.15) is 0 Å². The van der Waals surface area contributed by atoms with Gasteiger partial charge in [-0.25, -0.2) is 4.79 Å². The molecule has 0 saturated heterocycles. The lowest BCUT2D eigenvalue weighted by molar-refractivity contribution is -0.144. The molecule has 0 rings (SSSR count). The summed E-state index contributed by atoms with van der Waals surface area (Å²) in [6, 6.07) is -5.96. The molecule has 0 aromatic carbocycles. The fourth-order valence-electron chi connectivity index (χ4n) is 2.78. The number of hydrogen-bond acceptors (Lipinski definition) is 8. The maximum Gasteiger partial charge on any atom is 0.326 e. The summed E-state index contributed by atoms with van der Waals surface area (Å²) in [5.74, 6) is -7.86. The molecule has 4 unspecified atom stereocenters. The first-order chi connectivity index (χ1) is 15.6. The number of aliphatic carboxylic acids is 2. The molecule has 5 amide bonds. The minimum absolute atomic E-state index is 0.0459. The van der Waals surface area contributed by atoms with Gasteiger partial charge in [-0.05, 0) is 18.8 Å². The lowest BCUT2D eigenvalue weighted by Gasteiger charge is -2.24. The molecule has 0 aliphatic rings. The lowest BCUT2D eigenvalue weighted by Crippen LogP contribution is -2.58. The van der Waals surface area contributed by atoms with Crippen molar-refractivity contribution >= 4 is 41.5 Å². The van der Waals surface area contributed by atoms with Crippen molar-refractivity contribution in [1.29, 1.82) is 0 Å². The topological polar surface area (TPSA) is 274 Å². The van der Waals surface area contributed by atoms with Crippen LogP contribution in [0, 0.1) is 5.92 Å². The zero-order valence-corrected chi connectivity index (χ0v) is 18.9. The maximum absolute atomic E-state index is 12.7. The van der Waals surface area contributed by atoms with E-state index >= 15 is 0 Å². The van der Waals surface area contributed by atoms with Crippen LogP contribution in [0.1, 0.15) is 46.0 Å². The first-order valence-electron chi connectivity index (χ1n) is 10.3. The molecule has 15 nitrogen and oxygen atoms in total. The second-order valence-electron chi connectivity index (χ2n) is 8.03. The predicted molar refractivity (Wildman–Crippen MR) is 115 cm³/mol. The van der Waals surface area contributed by atoms with Crippen LogP contribution in [0.5, 0.6) is 0 Å². The van der Waals surface area contributed by atoms with Gasteiger partial charge in [0, 0.05) is 6.42 Å². The van der Waals surface area contributed by atoms with Crippen molar-refractivity contribution in [2.45, 2.75) is 70.1 Å². The fraction of sp³-hybridized carbons (Fsp3) is 0.632. The molecule has 0 saturated carbocycles. The second kappa shape index (κ2) is 14.4. The fourth-order valence-corrected chi connectivity index (χ4v) is 2.78. The van der Waals surface area contributed by atoms with Crippen molar-refractivity contribution < 1.29 is 43.8 Å². The van der Waals surface area contributed by atoms with Gasteiger partial charge in [0.2, 0.25) is 29.5 Å². The number of nitrogens with one attached hydrogen (secondary N) is 3. The van der Waals surface area contributed by atoms with Gasteiger partial charge in [-0.3, -0.25) is 28.8 Å². The summed E-state index contributed by atoms with van der Waals surface area (Å²) in [7, 11) is 0. The summed E-state index contributed by atoms with van der Waals surface area (Å²) in [5.41, 5.74) is 15.8. The molecular formula is C19H32N6O9. The number of primary amides is 2. The first-order valence-corrected chi connectivity index (χ1v) is 10.3. The molecule has 15 heteroatoms. The molecule has 11 N–H and O–H groups in total. The summed E-state index contributed by atoms with van der Waals surface area (Å²) >= 11 is 0. The van der Waals surface area contributed by atoms with E-state index in [4.69, 9.17) is 22.3 Å². The lowest BCUT2D eigenvalue weighted by atomic mass is 10.0. The molecule has 0 aliphatic carbocycles. The van der Waals surface area contributed by atoms with Crippen molar-refractivity contribution in [2.24, 2.45) is 23.1 Å². The number of nitrogens with two attached hydrogens (primary N) is 3. The van der Waals surface area contributed by atoms with Crippen LogP contribution >= 0.6 is 0 Å². The Bertz CT molecular complexity index is 801. The quantitative estimate of drug-likeness (QED) is 0.106. The largest absolute Gasteiger partial charge is 0.481 e. The van der Waals surface area contributed by atoms with Gasteiger partial charge in [0.1, 0.15) is 18.1 Å². The average molecular weight is 488 g/mol. The van der Waals surface area contributed by atoms with E-state index in [1.807, 2.05) is 19.2 Å². The van der Waals surface area contributed by atoms with Gasteiger partial charge < -0.3 is 43.4 Å². The Morgan fingerprint density at radius 1 is 0.735 bits per heavy atom. The zero-order chi connectivity index (χ0) is 26.6. The molecule has 192 valence electrons. The normalized spacial score (nSPS) is 14.2. The average Bonchev–Trinajstić information content (AvgIpc) is 2.68. The Kier molecular flexibility index (Phi) is 12.8. The minimum Gasteiger partial charge on any atom is -0.481 e. The standard InChI is InChI=1S/C19H32N6O9/c1-8(2)5-9(20)16(30)24-11(6-14(22)27)17(31)25-12(7-15(28)29)18(32)23-10(19(33)34)3-4-13(21)26/h8-12H,3-7,20H2,1-2H3,(H2,21,26)(H2,22,27)(H,23,32)(H,24,30)(H,25,31)(H,28,29)(H,33,34). The van der Waals surface area contributed by atoms with E-state index in [1.165, 1.54) is 0 Å². The molecule has 0 aromatic rings. The van der Waals surface area contributed by atoms with Crippen LogP contribution in [0.25, 0.3) is 0 Å². The van der Waals surface area contributed by atoms with Crippen molar-refractivity contribution in [3.8, 4) is 0 Å². The number of hydrogen-bond donors (Lipinski definition) is 8. The van der Waals surface area contributed by atoms with Crippen LogP contribution in [0.2, 0.25) is 0 Å². The molecule has 0 spiro atoms. The van der Waals surface area contributed by atoms with Crippen molar-refractivity contribution in [3.05, 3.63) is 0 Å². The number of carbonyl (C=O) groups excluding carboxylic acids is 5. The summed E-state index contributed by atoms with van der Waals surface area (Å²) < 4.78 is 0. The Morgan fingerprint density at radius 3 is 1.62 bits per heavy atom. The minimum atomic E-state index is -1.78. The van der Waals surface area contributed by atoms with Gasteiger partial charge in [0.05, 0.1) is 18.9 Å². The van der Waals surface area contributed by atoms with Gasteiger partial charge in [0.15, 0.2) is 0 Å². The third-order valence-electron chi connectivity index (χ3n) is 4.41. The van der Waals surface area contributed by atoms with Gasteiger partial charge >= 0.3 is 11.9 Å². The van der Waals surface area contributed by atoms with Crippen molar-refractivity contribution in [2.75, 3.05) is 0 Å². The molecule has 4 atom stereocenters. The third kappa shape index (κ3) is 12.3.